The second-order valence-corrected chi connectivity index (χ2v) is 5.45. The number of hydrogen-bond donors (Lipinski definition) is 2. The van der Waals surface area contributed by atoms with Crippen molar-refractivity contribution in [2.75, 3.05) is 18.9 Å². The minimum absolute atomic E-state index is 0.0545. The number of sulfonamides is 1. The van der Waals surface area contributed by atoms with Crippen LogP contribution in [-0.4, -0.2) is 21.6 Å². The van der Waals surface area contributed by atoms with Crippen molar-refractivity contribution >= 4 is 15.7 Å². The van der Waals surface area contributed by atoms with Crippen molar-refractivity contribution in [2.45, 2.75) is 25.2 Å². The summed E-state index contributed by atoms with van der Waals surface area (Å²) in [6.07, 6.45) is 0.460. The van der Waals surface area contributed by atoms with Gasteiger partial charge in [0.1, 0.15) is 10.6 Å². The van der Waals surface area contributed by atoms with E-state index >= 15 is 0 Å². The SMILES string of the molecule is CC#CCCNS(=O)(=O)c1cc(N)ccc1OCC. The molecule has 104 valence electrons. The van der Waals surface area contributed by atoms with E-state index in [0.29, 0.717) is 24.5 Å². The van der Waals surface area contributed by atoms with Gasteiger partial charge in [-0.2, -0.15) is 0 Å². The molecule has 6 heteroatoms. The fourth-order valence-corrected chi connectivity index (χ4v) is 2.67. The van der Waals surface area contributed by atoms with Crippen LogP contribution in [0.4, 0.5) is 5.69 Å². The predicted octanol–water partition coefficient (Wildman–Crippen LogP) is 1.36. The first-order valence-corrected chi connectivity index (χ1v) is 7.41. The van der Waals surface area contributed by atoms with E-state index in [2.05, 4.69) is 16.6 Å². The lowest BCUT2D eigenvalue weighted by Gasteiger charge is -2.12. The van der Waals surface area contributed by atoms with Crippen LogP contribution in [0.1, 0.15) is 20.3 Å². The van der Waals surface area contributed by atoms with E-state index < -0.39 is 10.0 Å². The van der Waals surface area contributed by atoms with E-state index in [-0.39, 0.29) is 11.4 Å². The van der Waals surface area contributed by atoms with Gasteiger partial charge in [0.15, 0.2) is 0 Å². The van der Waals surface area contributed by atoms with Gasteiger partial charge in [0.2, 0.25) is 10.0 Å². The molecule has 3 N–H and O–H groups in total. The topological polar surface area (TPSA) is 81.4 Å². The number of hydrogen-bond acceptors (Lipinski definition) is 4. The zero-order chi connectivity index (χ0) is 14.3. The Hall–Kier alpha value is -1.71. The normalized spacial score (nSPS) is 10.6. The molecule has 19 heavy (non-hydrogen) atoms. The molecule has 0 radical (unpaired) electrons. The third-order valence-corrected chi connectivity index (χ3v) is 3.76. The summed E-state index contributed by atoms with van der Waals surface area (Å²) in [6, 6.07) is 4.55. The van der Waals surface area contributed by atoms with Crippen LogP contribution in [0.25, 0.3) is 0 Å². The Labute approximate surface area is 114 Å². The van der Waals surface area contributed by atoms with E-state index in [1.165, 1.54) is 6.07 Å². The Balaban J connectivity index is 2.97. The van der Waals surface area contributed by atoms with Gasteiger partial charge in [-0.1, -0.05) is 0 Å². The standard InChI is InChI=1S/C13H18N2O3S/c1-3-5-6-9-15-19(16,17)13-10-11(14)7-8-12(13)18-4-2/h7-8,10,15H,4,6,9,14H2,1-2H3. The van der Waals surface area contributed by atoms with Crippen molar-refractivity contribution < 1.29 is 13.2 Å². The number of anilines is 1. The molecule has 1 aromatic rings. The maximum atomic E-state index is 12.1. The summed E-state index contributed by atoms with van der Waals surface area (Å²) < 4.78 is 32.1. The molecule has 0 bridgehead atoms. The van der Waals surface area contributed by atoms with E-state index in [0.717, 1.165) is 0 Å². The molecular weight excluding hydrogens is 264 g/mol. The summed E-state index contributed by atoms with van der Waals surface area (Å²) in [5, 5.41) is 0. The first-order valence-electron chi connectivity index (χ1n) is 5.93. The van der Waals surface area contributed by atoms with Gasteiger partial charge in [0.25, 0.3) is 0 Å². The second-order valence-electron chi connectivity index (χ2n) is 3.71. The molecule has 0 saturated carbocycles. The fourth-order valence-electron chi connectivity index (χ4n) is 1.46. The summed E-state index contributed by atoms with van der Waals surface area (Å²) in [5.41, 5.74) is 6.00. The monoisotopic (exact) mass is 282 g/mol. The van der Waals surface area contributed by atoms with Crippen LogP contribution < -0.4 is 15.2 Å². The van der Waals surface area contributed by atoms with Crippen molar-refractivity contribution in [2.24, 2.45) is 0 Å². The molecule has 0 aliphatic rings. The highest BCUT2D eigenvalue weighted by atomic mass is 32.2. The van der Waals surface area contributed by atoms with E-state index in [9.17, 15) is 8.42 Å². The zero-order valence-corrected chi connectivity index (χ0v) is 11.9. The van der Waals surface area contributed by atoms with Gasteiger partial charge in [0, 0.05) is 18.7 Å². The van der Waals surface area contributed by atoms with Crippen LogP contribution in [0.2, 0.25) is 0 Å². The number of nitrogen functional groups attached to an aromatic ring is 1. The van der Waals surface area contributed by atoms with Gasteiger partial charge in [0.05, 0.1) is 6.61 Å². The van der Waals surface area contributed by atoms with Gasteiger partial charge in [-0.3, -0.25) is 0 Å². The summed E-state index contributed by atoms with van der Waals surface area (Å²) in [5.74, 6) is 5.79. The van der Waals surface area contributed by atoms with E-state index in [1.54, 1.807) is 26.0 Å². The second kappa shape index (κ2) is 7.02. The highest BCUT2D eigenvalue weighted by Crippen LogP contribution is 2.26. The molecule has 0 atom stereocenters. The highest BCUT2D eigenvalue weighted by Gasteiger charge is 2.19. The maximum Gasteiger partial charge on any atom is 0.244 e. The number of nitrogens with two attached hydrogens (primary N) is 1. The Kier molecular flexibility index (Phi) is 5.67. The van der Waals surface area contributed by atoms with Gasteiger partial charge < -0.3 is 10.5 Å². The average molecular weight is 282 g/mol. The molecule has 1 aromatic carbocycles. The number of rotatable bonds is 6. The Bertz CT molecular complexity index is 586. The van der Waals surface area contributed by atoms with Gasteiger partial charge >= 0.3 is 0 Å². The smallest absolute Gasteiger partial charge is 0.244 e. The lowest BCUT2D eigenvalue weighted by molar-refractivity contribution is 0.331. The molecule has 0 fully saturated rings. The summed E-state index contributed by atoms with van der Waals surface area (Å²) in [6.45, 7) is 4.13. The van der Waals surface area contributed by atoms with Gasteiger partial charge in [-0.05, 0) is 32.0 Å². The molecule has 0 aliphatic heterocycles. The average Bonchev–Trinajstić information content (AvgIpc) is 2.37. The fraction of sp³-hybridized carbons (Fsp3) is 0.385. The first-order chi connectivity index (χ1) is 9.01. The summed E-state index contributed by atoms with van der Waals surface area (Å²) in [4.78, 5) is 0.0545. The van der Waals surface area contributed by atoms with E-state index in [1.807, 2.05) is 0 Å². The summed E-state index contributed by atoms with van der Waals surface area (Å²) >= 11 is 0. The molecule has 0 heterocycles. The Morgan fingerprint density at radius 2 is 2.16 bits per heavy atom. The molecule has 1 rings (SSSR count). The molecule has 0 aromatic heterocycles. The maximum absolute atomic E-state index is 12.1. The number of benzene rings is 1. The minimum Gasteiger partial charge on any atom is -0.492 e. The first kappa shape index (κ1) is 15.3. The number of ether oxygens (including phenoxy) is 1. The molecule has 0 unspecified atom stereocenters. The predicted molar refractivity (Wildman–Crippen MR) is 75.3 cm³/mol. The molecule has 0 saturated heterocycles. The third kappa shape index (κ3) is 4.47. The largest absolute Gasteiger partial charge is 0.492 e. The van der Waals surface area contributed by atoms with Crippen LogP contribution in [-0.2, 0) is 10.0 Å². The number of nitrogens with one attached hydrogen (secondary N) is 1. The van der Waals surface area contributed by atoms with Gasteiger partial charge in [-0.25, -0.2) is 13.1 Å². The van der Waals surface area contributed by atoms with Crippen LogP contribution in [0.5, 0.6) is 5.75 Å². The van der Waals surface area contributed by atoms with Crippen LogP contribution in [0.3, 0.4) is 0 Å². The van der Waals surface area contributed by atoms with Crippen molar-refractivity contribution in [3.8, 4) is 17.6 Å². The highest BCUT2D eigenvalue weighted by molar-refractivity contribution is 7.89. The van der Waals surface area contributed by atoms with E-state index in [4.69, 9.17) is 10.5 Å². The summed E-state index contributed by atoms with van der Waals surface area (Å²) in [7, 11) is -3.64. The van der Waals surface area contributed by atoms with Crippen LogP contribution in [0, 0.1) is 11.8 Å². The van der Waals surface area contributed by atoms with Crippen molar-refractivity contribution in [1.29, 1.82) is 0 Å². The molecule has 0 amide bonds. The van der Waals surface area contributed by atoms with Crippen LogP contribution >= 0.6 is 0 Å². The Morgan fingerprint density at radius 3 is 2.79 bits per heavy atom. The quantitative estimate of drug-likeness (QED) is 0.469. The molecule has 5 nitrogen and oxygen atoms in total. The minimum atomic E-state index is -3.64. The van der Waals surface area contributed by atoms with Gasteiger partial charge in [-0.15, -0.1) is 11.8 Å². The van der Waals surface area contributed by atoms with Crippen molar-refractivity contribution in [3.63, 3.8) is 0 Å². The molecule has 0 spiro atoms. The zero-order valence-electron chi connectivity index (χ0n) is 11.1. The lowest BCUT2D eigenvalue weighted by atomic mass is 10.3. The molecule has 0 aliphatic carbocycles. The molecular formula is C13H18N2O3S. The van der Waals surface area contributed by atoms with Crippen molar-refractivity contribution in [3.05, 3.63) is 18.2 Å². The third-order valence-electron chi connectivity index (χ3n) is 2.28. The van der Waals surface area contributed by atoms with Crippen LogP contribution in [0.15, 0.2) is 23.1 Å². The van der Waals surface area contributed by atoms with Crippen molar-refractivity contribution in [1.82, 2.24) is 4.72 Å². The lowest BCUT2D eigenvalue weighted by Crippen LogP contribution is -2.25. The Morgan fingerprint density at radius 1 is 1.42 bits per heavy atom.